The first-order valence-corrected chi connectivity index (χ1v) is 10.2. The first-order chi connectivity index (χ1) is 14.1. The van der Waals surface area contributed by atoms with Gasteiger partial charge in [-0.05, 0) is 49.9 Å². The van der Waals surface area contributed by atoms with E-state index in [9.17, 15) is 4.79 Å². The summed E-state index contributed by atoms with van der Waals surface area (Å²) in [7, 11) is 0. The van der Waals surface area contributed by atoms with Gasteiger partial charge in [0.1, 0.15) is 11.5 Å². The third kappa shape index (κ3) is 4.57. The molecule has 0 saturated carbocycles. The maximum absolute atomic E-state index is 12.7. The highest BCUT2D eigenvalue weighted by Crippen LogP contribution is 2.31. The number of hydrogen-bond acceptors (Lipinski definition) is 4. The van der Waals surface area contributed by atoms with Gasteiger partial charge in [-0.1, -0.05) is 59.8 Å². The lowest BCUT2D eigenvalue weighted by molar-refractivity contribution is -0.123. The molecule has 5 nitrogen and oxygen atoms in total. The molecule has 3 aromatic rings. The molecule has 4 rings (SSSR count). The maximum atomic E-state index is 12.7. The topological polar surface area (TPSA) is 58.4 Å². The van der Waals surface area contributed by atoms with Crippen molar-refractivity contribution in [2.75, 3.05) is 13.1 Å². The number of likely N-dealkylation sites (tertiary alicyclic amines) is 1. The minimum atomic E-state index is -0.0392. The predicted octanol–water partition coefficient (Wildman–Crippen LogP) is 4.66. The number of nitrogens with one attached hydrogen (secondary N) is 1. The molecule has 0 bridgehead atoms. The molecule has 2 atom stereocenters. The average molecular weight is 389 g/mol. The lowest BCUT2D eigenvalue weighted by Gasteiger charge is -2.23. The van der Waals surface area contributed by atoms with Crippen LogP contribution in [0.25, 0.3) is 11.1 Å². The molecule has 1 amide bonds. The fourth-order valence-corrected chi connectivity index (χ4v) is 4.04. The van der Waals surface area contributed by atoms with Gasteiger partial charge in [0.25, 0.3) is 0 Å². The molecule has 0 spiro atoms. The van der Waals surface area contributed by atoms with E-state index in [4.69, 9.17) is 4.52 Å². The number of rotatable bonds is 6. The molecule has 1 saturated heterocycles. The fourth-order valence-electron chi connectivity index (χ4n) is 4.04. The van der Waals surface area contributed by atoms with E-state index in [1.807, 2.05) is 38.1 Å². The summed E-state index contributed by atoms with van der Waals surface area (Å²) in [6.07, 6.45) is 2.08. The Morgan fingerprint density at radius 2 is 1.90 bits per heavy atom. The van der Waals surface area contributed by atoms with Gasteiger partial charge >= 0.3 is 0 Å². The van der Waals surface area contributed by atoms with E-state index in [0.29, 0.717) is 6.54 Å². The van der Waals surface area contributed by atoms with E-state index in [2.05, 4.69) is 51.8 Å². The normalized spacial score (nSPS) is 17.9. The van der Waals surface area contributed by atoms with Crippen LogP contribution in [0.2, 0.25) is 0 Å². The number of nitrogens with zero attached hydrogens (tertiary/aromatic N) is 2. The third-order valence-corrected chi connectivity index (χ3v) is 5.59. The SMILES string of the molecule is Cc1cc(C2CCCN2CC(=O)NC(C)c2ccc(-c3ccccc3)cc2)no1. The summed E-state index contributed by atoms with van der Waals surface area (Å²) < 4.78 is 5.22. The minimum absolute atomic E-state index is 0.0387. The van der Waals surface area contributed by atoms with Gasteiger partial charge in [0.15, 0.2) is 0 Å². The van der Waals surface area contributed by atoms with E-state index in [0.717, 1.165) is 36.4 Å². The van der Waals surface area contributed by atoms with Crippen LogP contribution in [0, 0.1) is 6.92 Å². The van der Waals surface area contributed by atoms with Gasteiger partial charge in [0.05, 0.1) is 18.6 Å². The third-order valence-electron chi connectivity index (χ3n) is 5.59. The molecule has 1 aromatic heterocycles. The van der Waals surface area contributed by atoms with Crippen LogP contribution in [0.4, 0.5) is 0 Å². The van der Waals surface area contributed by atoms with Gasteiger partial charge in [0.2, 0.25) is 5.91 Å². The molecule has 2 aromatic carbocycles. The van der Waals surface area contributed by atoms with Crippen molar-refractivity contribution in [2.45, 2.75) is 38.8 Å². The quantitative estimate of drug-likeness (QED) is 0.666. The number of carbonyl (C=O) groups excluding carboxylic acids is 1. The molecule has 1 aliphatic rings. The van der Waals surface area contributed by atoms with Gasteiger partial charge in [-0.25, -0.2) is 0 Å². The standard InChI is InChI=1S/C24H27N3O2/c1-17-15-22(26-29-17)23-9-6-14-27(23)16-24(28)25-18(2)19-10-12-21(13-11-19)20-7-4-3-5-8-20/h3-5,7-8,10-13,15,18,23H,6,9,14,16H2,1-2H3,(H,25,28). The second kappa shape index (κ2) is 8.62. The second-order valence-electron chi connectivity index (χ2n) is 7.77. The summed E-state index contributed by atoms with van der Waals surface area (Å²) in [5, 5.41) is 7.28. The van der Waals surface area contributed by atoms with Crippen LogP contribution in [0.1, 0.15) is 48.9 Å². The van der Waals surface area contributed by atoms with Crippen LogP contribution in [0.3, 0.4) is 0 Å². The Kier molecular flexibility index (Phi) is 5.76. The zero-order chi connectivity index (χ0) is 20.2. The monoisotopic (exact) mass is 389 g/mol. The summed E-state index contributed by atoms with van der Waals surface area (Å²) in [5.41, 5.74) is 4.40. The Labute approximate surface area is 171 Å². The van der Waals surface area contributed by atoms with Gasteiger partial charge in [-0.2, -0.15) is 0 Å². The number of aryl methyl sites for hydroxylation is 1. The van der Waals surface area contributed by atoms with Crippen LogP contribution in [0.15, 0.2) is 65.2 Å². The lowest BCUT2D eigenvalue weighted by Crippen LogP contribution is -2.38. The molecular weight excluding hydrogens is 362 g/mol. The van der Waals surface area contributed by atoms with Crippen molar-refractivity contribution in [3.05, 3.63) is 77.7 Å². The van der Waals surface area contributed by atoms with Crippen molar-refractivity contribution in [2.24, 2.45) is 0 Å². The highest BCUT2D eigenvalue weighted by atomic mass is 16.5. The lowest BCUT2D eigenvalue weighted by atomic mass is 10.0. The Hall–Kier alpha value is -2.92. The first kappa shape index (κ1) is 19.4. The highest BCUT2D eigenvalue weighted by Gasteiger charge is 2.30. The van der Waals surface area contributed by atoms with Crippen molar-refractivity contribution in [3.63, 3.8) is 0 Å². The Balaban J connectivity index is 1.35. The van der Waals surface area contributed by atoms with Crippen LogP contribution in [-0.2, 0) is 4.79 Å². The summed E-state index contributed by atoms with van der Waals surface area (Å²) >= 11 is 0. The van der Waals surface area contributed by atoms with Gasteiger partial charge in [-0.15, -0.1) is 0 Å². The molecule has 1 aliphatic heterocycles. The minimum Gasteiger partial charge on any atom is -0.361 e. The number of aromatic nitrogens is 1. The maximum Gasteiger partial charge on any atom is 0.234 e. The zero-order valence-electron chi connectivity index (χ0n) is 17.0. The molecule has 0 radical (unpaired) electrons. The van der Waals surface area contributed by atoms with E-state index in [-0.39, 0.29) is 18.0 Å². The molecule has 150 valence electrons. The summed E-state index contributed by atoms with van der Waals surface area (Å²) in [4.78, 5) is 14.8. The average Bonchev–Trinajstić information content (AvgIpc) is 3.37. The Bertz CT molecular complexity index is 950. The van der Waals surface area contributed by atoms with Gasteiger partial charge in [-0.3, -0.25) is 9.69 Å². The molecule has 2 unspecified atom stereocenters. The van der Waals surface area contributed by atoms with Crippen LogP contribution >= 0.6 is 0 Å². The predicted molar refractivity (Wildman–Crippen MR) is 113 cm³/mol. The molecule has 1 N–H and O–H groups in total. The molecule has 1 fully saturated rings. The Morgan fingerprint density at radius 3 is 2.59 bits per heavy atom. The van der Waals surface area contributed by atoms with Crippen molar-refractivity contribution in [1.29, 1.82) is 0 Å². The molecule has 5 heteroatoms. The number of carbonyl (C=O) groups is 1. The van der Waals surface area contributed by atoms with E-state index < -0.39 is 0 Å². The summed E-state index contributed by atoms with van der Waals surface area (Å²) in [5.74, 6) is 0.848. The number of benzene rings is 2. The van der Waals surface area contributed by atoms with Crippen molar-refractivity contribution in [3.8, 4) is 11.1 Å². The largest absolute Gasteiger partial charge is 0.361 e. The van der Waals surface area contributed by atoms with E-state index in [1.54, 1.807) is 0 Å². The highest BCUT2D eigenvalue weighted by molar-refractivity contribution is 5.78. The smallest absolute Gasteiger partial charge is 0.234 e. The van der Waals surface area contributed by atoms with Gasteiger partial charge in [0, 0.05) is 6.07 Å². The Morgan fingerprint density at radius 1 is 1.17 bits per heavy atom. The molecular formula is C24H27N3O2. The van der Waals surface area contributed by atoms with Crippen molar-refractivity contribution < 1.29 is 9.32 Å². The van der Waals surface area contributed by atoms with Gasteiger partial charge < -0.3 is 9.84 Å². The van der Waals surface area contributed by atoms with E-state index in [1.165, 1.54) is 11.1 Å². The van der Waals surface area contributed by atoms with Crippen LogP contribution in [-0.4, -0.2) is 29.1 Å². The molecule has 29 heavy (non-hydrogen) atoms. The van der Waals surface area contributed by atoms with Crippen LogP contribution in [0.5, 0.6) is 0 Å². The number of amides is 1. The fraction of sp³-hybridized carbons (Fsp3) is 0.333. The number of hydrogen-bond donors (Lipinski definition) is 1. The zero-order valence-corrected chi connectivity index (χ0v) is 17.0. The van der Waals surface area contributed by atoms with Crippen LogP contribution < -0.4 is 5.32 Å². The first-order valence-electron chi connectivity index (χ1n) is 10.2. The van der Waals surface area contributed by atoms with E-state index >= 15 is 0 Å². The second-order valence-corrected chi connectivity index (χ2v) is 7.77. The summed E-state index contributed by atoms with van der Waals surface area (Å²) in [6.45, 7) is 5.21. The summed E-state index contributed by atoms with van der Waals surface area (Å²) in [6, 6.07) is 20.8. The van der Waals surface area contributed by atoms with Crippen molar-refractivity contribution in [1.82, 2.24) is 15.4 Å². The molecule has 0 aliphatic carbocycles. The molecule has 2 heterocycles. The van der Waals surface area contributed by atoms with Crippen molar-refractivity contribution >= 4 is 5.91 Å².